The van der Waals surface area contributed by atoms with E-state index in [1.165, 1.54) is 43.6 Å². The van der Waals surface area contributed by atoms with Gasteiger partial charge in [-0.05, 0) is 24.4 Å². The zero-order valence-electron chi connectivity index (χ0n) is 8.89. The molecule has 1 saturated carbocycles. The standard InChI is InChI=1S/C10H13N5S/c1-2-4-7(5-3-1)9-12-10(14-13-9)8-6-11-15-16-8/h6-7H,1-5H2,(H,12,13,14). The monoisotopic (exact) mass is 235 g/mol. The normalized spacial score (nSPS) is 17.8. The number of rotatable bonds is 2. The Morgan fingerprint density at radius 3 is 2.88 bits per heavy atom. The third kappa shape index (κ3) is 1.84. The summed E-state index contributed by atoms with van der Waals surface area (Å²) in [6, 6.07) is 0. The highest BCUT2D eigenvalue weighted by Gasteiger charge is 2.19. The predicted octanol–water partition coefficient (Wildman–Crippen LogP) is 2.37. The molecule has 84 valence electrons. The van der Waals surface area contributed by atoms with Crippen molar-refractivity contribution in [2.75, 3.05) is 0 Å². The van der Waals surface area contributed by atoms with Crippen LogP contribution in [0.3, 0.4) is 0 Å². The van der Waals surface area contributed by atoms with Crippen molar-refractivity contribution < 1.29 is 0 Å². The van der Waals surface area contributed by atoms with Crippen LogP contribution >= 0.6 is 11.5 Å². The zero-order valence-corrected chi connectivity index (χ0v) is 9.70. The minimum absolute atomic E-state index is 0.566. The fraction of sp³-hybridized carbons (Fsp3) is 0.600. The first kappa shape index (κ1) is 9.89. The second-order valence-electron chi connectivity index (χ2n) is 4.16. The minimum Gasteiger partial charge on any atom is -0.262 e. The number of nitrogens with one attached hydrogen (secondary N) is 1. The highest BCUT2D eigenvalue weighted by Crippen LogP contribution is 2.31. The molecule has 1 fully saturated rings. The van der Waals surface area contributed by atoms with Crippen molar-refractivity contribution in [2.24, 2.45) is 0 Å². The Bertz CT molecular complexity index is 443. The van der Waals surface area contributed by atoms with Crippen LogP contribution in [0.2, 0.25) is 0 Å². The average Bonchev–Trinajstić information content (AvgIpc) is 3.01. The van der Waals surface area contributed by atoms with E-state index in [1.54, 1.807) is 6.20 Å². The van der Waals surface area contributed by atoms with E-state index in [-0.39, 0.29) is 0 Å². The van der Waals surface area contributed by atoms with Crippen molar-refractivity contribution in [1.82, 2.24) is 24.8 Å². The lowest BCUT2D eigenvalue weighted by Gasteiger charge is -2.18. The molecule has 0 aliphatic heterocycles. The number of hydrogen-bond acceptors (Lipinski definition) is 5. The highest BCUT2D eigenvalue weighted by molar-refractivity contribution is 7.09. The van der Waals surface area contributed by atoms with Crippen molar-refractivity contribution in [2.45, 2.75) is 38.0 Å². The van der Waals surface area contributed by atoms with Crippen LogP contribution in [0.5, 0.6) is 0 Å². The number of aromatic nitrogens is 5. The summed E-state index contributed by atoms with van der Waals surface area (Å²) in [4.78, 5) is 5.47. The molecule has 0 radical (unpaired) electrons. The summed E-state index contributed by atoms with van der Waals surface area (Å²) in [5.74, 6) is 2.33. The lowest BCUT2D eigenvalue weighted by Crippen LogP contribution is -2.06. The van der Waals surface area contributed by atoms with Gasteiger partial charge in [0.2, 0.25) is 0 Å². The van der Waals surface area contributed by atoms with E-state index < -0.39 is 0 Å². The van der Waals surface area contributed by atoms with E-state index in [2.05, 4.69) is 24.8 Å². The van der Waals surface area contributed by atoms with Gasteiger partial charge in [-0.3, -0.25) is 5.10 Å². The third-order valence-electron chi connectivity index (χ3n) is 3.08. The quantitative estimate of drug-likeness (QED) is 0.867. The zero-order chi connectivity index (χ0) is 10.8. The molecule has 2 heterocycles. The van der Waals surface area contributed by atoms with E-state index in [1.807, 2.05) is 0 Å². The third-order valence-corrected chi connectivity index (χ3v) is 3.74. The Morgan fingerprint density at radius 1 is 1.25 bits per heavy atom. The van der Waals surface area contributed by atoms with Crippen molar-refractivity contribution >= 4 is 11.5 Å². The van der Waals surface area contributed by atoms with Gasteiger partial charge in [0.25, 0.3) is 0 Å². The van der Waals surface area contributed by atoms with Crippen molar-refractivity contribution in [3.63, 3.8) is 0 Å². The van der Waals surface area contributed by atoms with E-state index in [0.29, 0.717) is 5.92 Å². The lowest BCUT2D eigenvalue weighted by molar-refractivity contribution is 0.429. The second kappa shape index (κ2) is 4.29. The Labute approximate surface area is 97.5 Å². The van der Waals surface area contributed by atoms with Crippen LogP contribution in [0.15, 0.2) is 6.20 Å². The Morgan fingerprint density at radius 2 is 2.12 bits per heavy atom. The largest absolute Gasteiger partial charge is 0.262 e. The van der Waals surface area contributed by atoms with E-state index in [4.69, 9.17) is 0 Å². The van der Waals surface area contributed by atoms with Gasteiger partial charge in [0.15, 0.2) is 5.82 Å². The molecule has 0 aromatic carbocycles. The predicted molar refractivity (Wildman–Crippen MR) is 61.1 cm³/mol. The van der Waals surface area contributed by atoms with E-state index >= 15 is 0 Å². The van der Waals surface area contributed by atoms with Crippen molar-refractivity contribution in [1.29, 1.82) is 0 Å². The Hall–Kier alpha value is -1.30. The Kier molecular flexibility index (Phi) is 2.65. The molecule has 0 atom stereocenters. The van der Waals surface area contributed by atoms with Crippen LogP contribution in [0.1, 0.15) is 43.8 Å². The summed E-state index contributed by atoms with van der Waals surface area (Å²) >= 11 is 1.33. The molecule has 3 rings (SSSR count). The van der Waals surface area contributed by atoms with Crippen molar-refractivity contribution in [3.8, 4) is 10.7 Å². The van der Waals surface area contributed by atoms with Gasteiger partial charge in [-0.15, -0.1) is 5.10 Å². The fourth-order valence-corrected chi connectivity index (χ4v) is 2.66. The molecule has 16 heavy (non-hydrogen) atoms. The van der Waals surface area contributed by atoms with Crippen LogP contribution in [-0.2, 0) is 0 Å². The summed E-state index contributed by atoms with van der Waals surface area (Å²) in [7, 11) is 0. The average molecular weight is 235 g/mol. The number of H-pyrrole nitrogens is 1. The number of nitrogens with zero attached hydrogens (tertiary/aromatic N) is 4. The SMILES string of the molecule is c1nnsc1-c1n[nH]c(C2CCCCC2)n1. The van der Waals surface area contributed by atoms with E-state index in [9.17, 15) is 0 Å². The van der Waals surface area contributed by atoms with Crippen LogP contribution in [-0.4, -0.2) is 24.8 Å². The first-order valence-electron chi connectivity index (χ1n) is 5.63. The van der Waals surface area contributed by atoms with Crippen LogP contribution in [0, 0.1) is 0 Å². The fourth-order valence-electron chi connectivity index (χ4n) is 2.21. The van der Waals surface area contributed by atoms with Gasteiger partial charge in [-0.25, -0.2) is 4.98 Å². The van der Waals surface area contributed by atoms with Crippen LogP contribution in [0.4, 0.5) is 0 Å². The molecule has 0 spiro atoms. The summed E-state index contributed by atoms with van der Waals surface area (Å²) in [5, 5.41) is 11.1. The van der Waals surface area contributed by atoms with Gasteiger partial charge >= 0.3 is 0 Å². The van der Waals surface area contributed by atoms with E-state index in [0.717, 1.165) is 16.5 Å². The number of aromatic amines is 1. The molecule has 1 aliphatic carbocycles. The molecule has 0 saturated heterocycles. The van der Waals surface area contributed by atoms with Crippen LogP contribution < -0.4 is 0 Å². The molecule has 5 nitrogen and oxygen atoms in total. The molecular formula is C10H13N5S. The van der Waals surface area contributed by atoms with Crippen molar-refractivity contribution in [3.05, 3.63) is 12.0 Å². The van der Waals surface area contributed by atoms with Gasteiger partial charge in [-0.2, -0.15) is 5.10 Å². The first-order chi connectivity index (χ1) is 7.93. The van der Waals surface area contributed by atoms with Crippen LogP contribution in [0.25, 0.3) is 10.7 Å². The summed E-state index contributed by atoms with van der Waals surface area (Å²) < 4.78 is 3.82. The maximum Gasteiger partial charge on any atom is 0.194 e. The van der Waals surface area contributed by atoms with Gasteiger partial charge < -0.3 is 0 Å². The molecular weight excluding hydrogens is 222 g/mol. The lowest BCUT2D eigenvalue weighted by atomic mass is 9.89. The smallest absolute Gasteiger partial charge is 0.194 e. The summed E-state index contributed by atoms with van der Waals surface area (Å²) in [6.07, 6.45) is 8.14. The number of hydrogen-bond donors (Lipinski definition) is 1. The second-order valence-corrected chi connectivity index (χ2v) is 4.95. The summed E-state index contributed by atoms with van der Waals surface area (Å²) in [5.41, 5.74) is 0. The highest BCUT2D eigenvalue weighted by atomic mass is 32.1. The first-order valence-corrected chi connectivity index (χ1v) is 6.41. The van der Waals surface area contributed by atoms with Gasteiger partial charge in [0.05, 0.1) is 6.20 Å². The maximum atomic E-state index is 4.54. The molecule has 1 aliphatic rings. The molecule has 1 N–H and O–H groups in total. The topological polar surface area (TPSA) is 67.3 Å². The van der Waals surface area contributed by atoms with Gasteiger partial charge in [0, 0.05) is 5.92 Å². The molecule has 6 heteroatoms. The Balaban J connectivity index is 1.82. The van der Waals surface area contributed by atoms with Gasteiger partial charge in [0.1, 0.15) is 10.7 Å². The molecule has 2 aromatic heterocycles. The molecule has 0 bridgehead atoms. The maximum absolute atomic E-state index is 4.54. The summed E-state index contributed by atoms with van der Waals surface area (Å²) in [6.45, 7) is 0. The molecule has 2 aromatic rings. The minimum atomic E-state index is 0.566. The molecule has 0 unspecified atom stereocenters. The van der Waals surface area contributed by atoms with Gasteiger partial charge in [-0.1, -0.05) is 23.8 Å². The molecule has 0 amide bonds.